The Morgan fingerprint density at radius 3 is 2.44 bits per heavy atom. The molecule has 0 saturated carbocycles. The number of ether oxygens (including phenoxy) is 1. The Bertz CT molecular complexity index is 1990. The summed E-state index contributed by atoms with van der Waals surface area (Å²) in [7, 11) is 0. The Kier molecular flexibility index (Phi) is 7.89. The molecule has 0 saturated heterocycles. The van der Waals surface area contributed by atoms with Crippen LogP contribution in [0.2, 0.25) is 5.02 Å². The van der Waals surface area contributed by atoms with Gasteiger partial charge < -0.3 is 9.64 Å². The van der Waals surface area contributed by atoms with E-state index in [0.717, 1.165) is 27.4 Å². The van der Waals surface area contributed by atoms with Crippen molar-refractivity contribution >= 4 is 57.8 Å². The van der Waals surface area contributed by atoms with E-state index in [1.54, 1.807) is 43.5 Å². The number of nitrogens with zero attached hydrogens (tertiary/aromatic N) is 3. The van der Waals surface area contributed by atoms with Crippen molar-refractivity contribution in [1.29, 1.82) is 0 Å². The summed E-state index contributed by atoms with van der Waals surface area (Å²) in [5, 5.41) is 0.560. The lowest BCUT2D eigenvalue weighted by atomic mass is 9.96. The van der Waals surface area contributed by atoms with Gasteiger partial charge in [0, 0.05) is 15.5 Å². The highest BCUT2D eigenvalue weighted by molar-refractivity contribution is 7.98. The van der Waals surface area contributed by atoms with Crippen molar-refractivity contribution in [3.05, 3.63) is 125 Å². The van der Waals surface area contributed by atoms with Crippen molar-refractivity contribution in [1.82, 2.24) is 4.57 Å². The van der Waals surface area contributed by atoms with Crippen LogP contribution in [0.1, 0.15) is 43.5 Å². The number of para-hydroxylation sites is 1. The SMILES string of the molecule is CSc1ccc([C@H]2C(C(=O)OC(C)C)=C(C)N=c3s/c(=C4\C(=O)N(Cc5ccccc5Cl)c5ccccc54)c(=O)n32)cc1. The second-order valence-electron chi connectivity index (χ2n) is 10.5. The van der Waals surface area contributed by atoms with Crippen LogP contribution in [0, 0.1) is 0 Å². The first-order chi connectivity index (χ1) is 20.7. The van der Waals surface area contributed by atoms with Gasteiger partial charge in [0.15, 0.2) is 4.80 Å². The van der Waals surface area contributed by atoms with Crippen LogP contribution in [0.3, 0.4) is 0 Å². The number of rotatable bonds is 6. The number of anilines is 1. The Hall–Kier alpha value is -3.92. The van der Waals surface area contributed by atoms with Gasteiger partial charge in [-0.3, -0.25) is 14.2 Å². The van der Waals surface area contributed by atoms with E-state index in [1.807, 2.05) is 73.0 Å². The van der Waals surface area contributed by atoms with Gasteiger partial charge in [0.05, 0.1) is 41.2 Å². The van der Waals surface area contributed by atoms with Crippen molar-refractivity contribution in [3.63, 3.8) is 0 Å². The maximum absolute atomic E-state index is 14.4. The zero-order chi connectivity index (χ0) is 30.4. The van der Waals surface area contributed by atoms with Gasteiger partial charge in [-0.2, -0.15) is 0 Å². The highest BCUT2D eigenvalue weighted by Crippen LogP contribution is 2.37. The molecule has 10 heteroatoms. The number of carbonyl (C=O) groups is 2. The fourth-order valence-electron chi connectivity index (χ4n) is 5.47. The standard InChI is InChI=1S/C33H28ClN3O4S2/c1-18(2)41-32(40)26-19(3)35-33-37(28(26)20-13-15-22(42-4)16-14-20)31(39)29(43-33)27-23-10-6-8-12-25(23)36(30(27)38)17-21-9-5-7-11-24(21)34/h5-16,18,28H,17H2,1-4H3/b29-27-/t28-/m0/s1. The van der Waals surface area contributed by atoms with Crippen molar-refractivity contribution in [2.45, 2.75) is 44.4 Å². The van der Waals surface area contributed by atoms with Crippen molar-refractivity contribution in [2.75, 3.05) is 11.2 Å². The largest absolute Gasteiger partial charge is 0.459 e. The zero-order valence-corrected chi connectivity index (χ0v) is 26.3. The third-order valence-corrected chi connectivity index (χ3v) is 9.59. The highest BCUT2D eigenvalue weighted by atomic mass is 35.5. The molecular formula is C33H28ClN3O4S2. The molecule has 1 aromatic heterocycles. The topological polar surface area (TPSA) is 81.0 Å². The fourth-order valence-corrected chi connectivity index (χ4v) is 7.21. The average Bonchev–Trinajstić information content (AvgIpc) is 3.45. The van der Waals surface area contributed by atoms with Gasteiger partial charge in [-0.25, -0.2) is 9.79 Å². The molecule has 0 aliphatic carbocycles. The van der Waals surface area contributed by atoms with Crippen molar-refractivity contribution in [2.24, 2.45) is 4.99 Å². The monoisotopic (exact) mass is 629 g/mol. The maximum Gasteiger partial charge on any atom is 0.338 e. The van der Waals surface area contributed by atoms with E-state index in [-0.39, 0.29) is 28.6 Å². The van der Waals surface area contributed by atoms with Gasteiger partial charge in [-0.1, -0.05) is 71.5 Å². The lowest BCUT2D eigenvalue weighted by Crippen LogP contribution is -2.41. The molecule has 3 aromatic carbocycles. The van der Waals surface area contributed by atoms with E-state index in [0.29, 0.717) is 37.9 Å². The first kappa shape index (κ1) is 29.2. The first-order valence-electron chi connectivity index (χ1n) is 13.7. The predicted octanol–water partition coefficient (Wildman–Crippen LogP) is 5.48. The number of benzene rings is 3. The predicted molar refractivity (Wildman–Crippen MR) is 171 cm³/mol. The third kappa shape index (κ3) is 5.15. The van der Waals surface area contributed by atoms with Crippen molar-refractivity contribution in [3.8, 4) is 0 Å². The second-order valence-corrected chi connectivity index (χ2v) is 12.8. The van der Waals surface area contributed by atoms with Gasteiger partial charge in [0.1, 0.15) is 4.53 Å². The lowest BCUT2D eigenvalue weighted by Gasteiger charge is -2.25. The number of aromatic nitrogens is 1. The molecule has 4 aromatic rings. The van der Waals surface area contributed by atoms with E-state index < -0.39 is 12.0 Å². The molecule has 6 rings (SSSR count). The highest BCUT2D eigenvalue weighted by Gasteiger charge is 2.37. The van der Waals surface area contributed by atoms with E-state index in [4.69, 9.17) is 21.3 Å². The molecule has 0 N–H and O–H groups in total. The van der Waals surface area contributed by atoms with E-state index >= 15 is 0 Å². The Balaban J connectivity index is 1.57. The summed E-state index contributed by atoms with van der Waals surface area (Å²) >= 11 is 9.21. The van der Waals surface area contributed by atoms with E-state index in [9.17, 15) is 14.4 Å². The van der Waals surface area contributed by atoms with Gasteiger partial charge in [0.2, 0.25) is 0 Å². The smallest absolute Gasteiger partial charge is 0.338 e. The second kappa shape index (κ2) is 11.6. The Morgan fingerprint density at radius 1 is 1.05 bits per heavy atom. The quantitative estimate of drug-likeness (QED) is 0.209. The fraction of sp³-hybridized carbons (Fsp3) is 0.212. The molecule has 0 fully saturated rings. The van der Waals surface area contributed by atoms with E-state index in [2.05, 4.69) is 0 Å². The molecule has 218 valence electrons. The minimum atomic E-state index is -0.765. The van der Waals surface area contributed by atoms with Crippen LogP contribution in [-0.4, -0.2) is 28.8 Å². The minimum absolute atomic E-state index is 0.256. The summed E-state index contributed by atoms with van der Waals surface area (Å²) in [6, 6.07) is 21.8. The lowest BCUT2D eigenvalue weighted by molar-refractivity contribution is -0.143. The van der Waals surface area contributed by atoms with Crippen LogP contribution in [0.15, 0.2) is 98.7 Å². The molecule has 0 radical (unpaired) electrons. The van der Waals surface area contributed by atoms with Crippen LogP contribution >= 0.6 is 34.7 Å². The summed E-state index contributed by atoms with van der Waals surface area (Å²) in [6.07, 6.45) is 1.64. The minimum Gasteiger partial charge on any atom is -0.459 e. The van der Waals surface area contributed by atoms with Crippen LogP contribution in [0.4, 0.5) is 5.69 Å². The van der Waals surface area contributed by atoms with Crippen LogP contribution in [0.5, 0.6) is 0 Å². The number of amides is 1. The molecule has 43 heavy (non-hydrogen) atoms. The summed E-state index contributed by atoms with van der Waals surface area (Å²) in [5.74, 6) is -0.816. The van der Waals surface area contributed by atoms with Crippen LogP contribution in [0.25, 0.3) is 5.57 Å². The molecule has 1 atom stereocenters. The molecule has 2 aliphatic rings. The third-order valence-electron chi connectivity index (χ3n) is 7.43. The van der Waals surface area contributed by atoms with Crippen LogP contribution < -0.4 is 19.8 Å². The molecule has 3 heterocycles. The molecule has 0 spiro atoms. The number of esters is 1. The molecule has 1 amide bonds. The molecule has 0 unspecified atom stereocenters. The average molecular weight is 630 g/mol. The summed E-state index contributed by atoms with van der Waals surface area (Å²) < 4.78 is 7.41. The summed E-state index contributed by atoms with van der Waals surface area (Å²) in [4.78, 5) is 49.8. The van der Waals surface area contributed by atoms with Gasteiger partial charge >= 0.3 is 5.97 Å². The van der Waals surface area contributed by atoms with Gasteiger partial charge in [-0.05, 0) is 62.4 Å². The normalized spacial score (nSPS) is 17.2. The maximum atomic E-state index is 14.4. The first-order valence-corrected chi connectivity index (χ1v) is 16.2. The van der Waals surface area contributed by atoms with Crippen LogP contribution in [-0.2, 0) is 20.9 Å². The number of carbonyl (C=O) groups excluding carboxylic acids is 2. The van der Waals surface area contributed by atoms with E-state index in [1.165, 1.54) is 4.57 Å². The molecular weight excluding hydrogens is 602 g/mol. The Morgan fingerprint density at radius 2 is 1.74 bits per heavy atom. The van der Waals surface area contributed by atoms with Gasteiger partial charge in [0.25, 0.3) is 11.5 Å². The number of thiazole rings is 1. The number of fused-ring (bicyclic) bond motifs is 2. The zero-order valence-electron chi connectivity index (χ0n) is 24.0. The number of halogens is 1. The summed E-state index contributed by atoms with van der Waals surface area (Å²) in [6.45, 7) is 5.57. The molecule has 7 nitrogen and oxygen atoms in total. The van der Waals surface area contributed by atoms with Crippen molar-refractivity contribution < 1.29 is 14.3 Å². The number of hydrogen-bond acceptors (Lipinski definition) is 7. The summed E-state index contributed by atoms with van der Waals surface area (Å²) in [5.41, 5.74) is 3.62. The molecule has 0 bridgehead atoms. The number of allylic oxidation sites excluding steroid dienone is 1. The Labute approximate surface area is 261 Å². The number of thioether (sulfide) groups is 1. The molecule has 2 aliphatic heterocycles. The number of hydrogen-bond donors (Lipinski definition) is 0. The van der Waals surface area contributed by atoms with Gasteiger partial charge in [-0.15, -0.1) is 11.8 Å².